The molecule has 2 atom stereocenters. The van der Waals surface area contributed by atoms with E-state index in [0.29, 0.717) is 36.0 Å². The van der Waals surface area contributed by atoms with Crippen molar-refractivity contribution >= 4 is 16.9 Å². The van der Waals surface area contributed by atoms with Gasteiger partial charge in [-0.25, -0.2) is 4.39 Å². The molecule has 2 aliphatic rings. The molecule has 4 rings (SSSR count). The lowest BCUT2D eigenvalue weighted by molar-refractivity contribution is 0.0119. The van der Waals surface area contributed by atoms with Crippen LogP contribution in [0.15, 0.2) is 22.6 Å². The largest absolute Gasteiger partial charge is 0.448 e. The van der Waals surface area contributed by atoms with Crippen molar-refractivity contribution in [3.05, 3.63) is 35.3 Å². The zero-order chi connectivity index (χ0) is 17.6. The summed E-state index contributed by atoms with van der Waals surface area (Å²) in [6.45, 7) is 8.69. The van der Waals surface area contributed by atoms with E-state index in [4.69, 9.17) is 9.15 Å². The molecule has 2 aromatic rings. The van der Waals surface area contributed by atoms with Crippen LogP contribution in [-0.4, -0.2) is 61.1 Å². The molecule has 1 aromatic heterocycles. The number of ether oxygens (including phenoxy) is 1. The van der Waals surface area contributed by atoms with Gasteiger partial charge in [-0.15, -0.1) is 0 Å². The Labute approximate surface area is 146 Å². The zero-order valence-electron chi connectivity index (χ0n) is 14.6. The number of rotatable bonds is 2. The number of furan rings is 1. The van der Waals surface area contributed by atoms with Crippen LogP contribution < -0.4 is 0 Å². The first-order valence-corrected chi connectivity index (χ1v) is 8.85. The van der Waals surface area contributed by atoms with Crippen molar-refractivity contribution in [2.45, 2.75) is 19.9 Å². The first-order valence-electron chi connectivity index (χ1n) is 8.85. The summed E-state index contributed by atoms with van der Waals surface area (Å²) >= 11 is 0. The van der Waals surface area contributed by atoms with Crippen LogP contribution in [0.25, 0.3) is 11.0 Å². The minimum absolute atomic E-state index is 0.143. The van der Waals surface area contributed by atoms with Crippen LogP contribution in [0.1, 0.15) is 23.0 Å². The number of nitrogens with zero attached hydrogens (tertiary/aromatic N) is 2. The number of para-hydroxylation sites is 1. The Morgan fingerprint density at radius 2 is 2.00 bits per heavy atom. The van der Waals surface area contributed by atoms with E-state index >= 15 is 0 Å². The normalized spacial score (nSPS) is 25.0. The summed E-state index contributed by atoms with van der Waals surface area (Å²) < 4.78 is 25.0. The van der Waals surface area contributed by atoms with Gasteiger partial charge in [0.25, 0.3) is 5.91 Å². The van der Waals surface area contributed by atoms with Crippen molar-refractivity contribution in [2.75, 3.05) is 39.4 Å². The minimum Gasteiger partial charge on any atom is -0.448 e. The van der Waals surface area contributed by atoms with Crippen LogP contribution in [0.5, 0.6) is 0 Å². The Bertz CT molecular complexity index is 797. The summed E-state index contributed by atoms with van der Waals surface area (Å²) in [7, 11) is 0. The highest BCUT2D eigenvalue weighted by Gasteiger charge is 2.38. The third-order valence-corrected chi connectivity index (χ3v) is 5.48. The van der Waals surface area contributed by atoms with Gasteiger partial charge in [-0.2, -0.15) is 0 Å². The summed E-state index contributed by atoms with van der Waals surface area (Å²) in [5.41, 5.74) is 0.877. The van der Waals surface area contributed by atoms with Gasteiger partial charge in [-0.3, -0.25) is 9.69 Å². The van der Waals surface area contributed by atoms with Gasteiger partial charge >= 0.3 is 0 Å². The molecule has 0 radical (unpaired) electrons. The monoisotopic (exact) mass is 346 g/mol. The molecule has 2 saturated heterocycles. The standard InChI is InChI=1S/C19H23FN2O3/c1-12-10-22(11-16(12)21-6-8-24-9-7-21)19(23)17-13(2)14-4-3-5-15(20)18(14)25-17/h3-5,12,16H,6-11H2,1-2H3/t12-,16-/m0/s1. The van der Waals surface area contributed by atoms with Gasteiger partial charge in [0.2, 0.25) is 0 Å². The molecule has 2 aliphatic heterocycles. The average Bonchev–Trinajstić information content (AvgIpc) is 3.17. The quantitative estimate of drug-likeness (QED) is 0.839. The summed E-state index contributed by atoms with van der Waals surface area (Å²) in [5, 5.41) is 0.667. The van der Waals surface area contributed by atoms with Gasteiger partial charge in [0, 0.05) is 43.2 Å². The lowest BCUT2D eigenvalue weighted by Gasteiger charge is -2.33. The third-order valence-electron chi connectivity index (χ3n) is 5.48. The van der Waals surface area contributed by atoms with Crippen LogP contribution in [0, 0.1) is 18.7 Å². The Hall–Kier alpha value is -1.92. The smallest absolute Gasteiger partial charge is 0.289 e. The second-order valence-electron chi connectivity index (χ2n) is 7.08. The molecular weight excluding hydrogens is 323 g/mol. The van der Waals surface area contributed by atoms with E-state index in [2.05, 4.69) is 11.8 Å². The topological polar surface area (TPSA) is 45.9 Å². The van der Waals surface area contributed by atoms with Crippen molar-refractivity contribution in [1.29, 1.82) is 0 Å². The van der Waals surface area contributed by atoms with Gasteiger partial charge in [-0.1, -0.05) is 19.1 Å². The average molecular weight is 346 g/mol. The molecule has 0 saturated carbocycles. The molecule has 1 aromatic carbocycles. The van der Waals surface area contributed by atoms with E-state index in [1.165, 1.54) is 6.07 Å². The van der Waals surface area contributed by atoms with Crippen molar-refractivity contribution in [2.24, 2.45) is 5.92 Å². The molecule has 0 unspecified atom stereocenters. The van der Waals surface area contributed by atoms with Crippen molar-refractivity contribution < 1.29 is 18.3 Å². The lowest BCUT2D eigenvalue weighted by atomic mass is 10.0. The molecule has 0 aliphatic carbocycles. The molecule has 1 amide bonds. The summed E-state index contributed by atoms with van der Waals surface area (Å²) in [5.74, 6) is 0.0785. The number of carbonyl (C=O) groups excluding carboxylic acids is 1. The molecule has 134 valence electrons. The number of likely N-dealkylation sites (tertiary alicyclic amines) is 1. The Morgan fingerprint density at radius 3 is 2.72 bits per heavy atom. The number of halogens is 1. The SMILES string of the molecule is Cc1c(C(=O)N2C[C@H](C)[C@@H](N3CCOCC3)C2)oc2c(F)cccc12. The van der Waals surface area contributed by atoms with Crippen LogP contribution in [0.4, 0.5) is 4.39 Å². The summed E-state index contributed by atoms with van der Waals surface area (Å²) in [4.78, 5) is 17.2. The first kappa shape index (κ1) is 16.5. The van der Waals surface area contributed by atoms with E-state index in [-0.39, 0.29) is 17.3 Å². The maximum absolute atomic E-state index is 13.9. The molecule has 6 heteroatoms. The number of hydrogen-bond donors (Lipinski definition) is 0. The number of hydrogen-bond acceptors (Lipinski definition) is 4. The van der Waals surface area contributed by atoms with Crippen LogP contribution >= 0.6 is 0 Å². The number of fused-ring (bicyclic) bond motifs is 1. The van der Waals surface area contributed by atoms with E-state index in [1.54, 1.807) is 12.1 Å². The van der Waals surface area contributed by atoms with Gasteiger partial charge in [0.1, 0.15) is 0 Å². The van der Waals surface area contributed by atoms with Crippen molar-refractivity contribution in [3.63, 3.8) is 0 Å². The fourth-order valence-electron chi connectivity index (χ4n) is 4.06. The van der Waals surface area contributed by atoms with Crippen molar-refractivity contribution in [3.8, 4) is 0 Å². The Balaban J connectivity index is 1.57. The Kier molecular flexibility index (Phi) is 4.25. The maximum atomic E-state index is 13.9. The molecule has 3 heterocycles. The molecular formula is C19H23FN2O3. The van der Waals surface area contributed by atoms with Crippen LogP contribution in [-0.2, 0) is 4.74 Å². The summed E-state index contributed by atoms with van der Waals surface area (Å²) in [6.07, 6.45) is 0. The number of amides is 1. The van der Waals surface area contributed by atoms with E-state index < -0.39 is 5.82 Å². The van der Waals surface area contributed by atoms with Gasteiger partial charge < -0.3 is 14.1 Å². The summed E-state index contributed by atoms with van der Waals surface area (Å²) in [6, 6.07) is 5.12. The lowest BCUT2D eigenvalue weighted by Crippen LogP contribution is -2.47. The fraction of sp³-hybridized carbons (Fsp3) is 0.526. The fourth-order valence-corrected chi connectivity index (χ4v) is 4.06. The second-order valence-corrected chi connectivity index (χ2v) is 7.08. The molecule has 25 heavy (non-hydrogen) atoms. The molecule has 0 spiro atoms. The third kappa shape index (κ3) is 2.83. The second kappa shape index (κ2) is 6.42. The maximum Gasteiger partial charge on any atom is 0.289 e. The number of morpholine rings is 1. The molecule has 5 nitrogen and oxygen atoms in total. The molecule has 0 bridgehead atoms. The van der Waals surface area contributed by atoms with E-state index in [9.17, 15) is 9.18 Å². The van der Waals surface area contributed by atoms with Gasteiger partial charge in [-0.05, 0) is 18.9 Å². The molecule has 0 N–H and O–H groups in total. The van der Waals surface area contributed by atoms with Gasteiger partial charge in [0.15, 0.2) is 17.2 Å². The van der Waals surface area contributed by atoms with E-state index in [1.807, 2.05) is 11.8 Å². The van der Waals surface area contributed by atoms with Crippen LogP contribution in [0.3, 0.4) is 0 Å². The highest BCUT2D eigenvalue weighted by atomic mass is 19.1. The zero-order valence-corrected chi connectivity index (χ0v) is 14.6. The minimum atomic E-state index is -0.430. The highest BCUT2D eigenvalue weighted by molar-refractivity contribution is 5.99. The first-order chi connectivity index (χ1) is 12.1. The number of aryl methyl sites for hydroxylation is 1. The Morgan fingerprint density at radius 1 is 1.24 bits per heavy atom. The molecule has 2 fully saturated rings. The predicted molar refractivity (Wildman–Crippen MR) is 92.2 cm³/mol. The van der Waals surface area contributed by atoms with Crippen LogP contribution in [0.2, 0.25) is 0 Å². The predicted octanol–water partition coefficient (Wildman–Crippen LogP) is 2.67. The van der Waals surface area contributed by atoms with Crippen molar-refractivity contribution in [1.82, 2.24) is 9.80 Å². The number of carbonyl (C=O) groups is 1. The van der Waals surface area contributed by atoms with E-state index in [0.717, 1.165) is 26.3 Å². The highest BCUT2D eigenvalue weighted by Crippen LogP contribution is 2.30. The van der Waals surface area contributed by atoms with Gasteiger partial charge in [0.05, 0.1) is 13.2 Å². The number of benzene rings is 1.